The number of thioether (sulfide) groups is 1. The molecule has 1 amide bonds. The molecule has 0 spiro atoms. The highest BCUT2D eigenvalue weighted by atomic mass is 32.2. The van der Waals surface area contributed by atoms with Gasteiger partial charge in [-0.2, -0.15) is 0 Å². The SMILES string of the molecule is Cc1ccc(-n2c(=O)c3ccccc3n3c(SCC(=O)NCC4CCC4)nnc23)cc1. The number of para-hydroxylation sites is 1. The van der Waals surface area contributed by atoms with Gasteiger partial charge < -0.3 is 5.32 Å². The van der Waals surface area contributed by atoms with Crippen LogP contribution in [0.2, 0.25) is 0 Å². The van der Waals surface area contributed by atoms with Gasteiger partial charge >= 0.3 is 0 Å². The average Bonchev–Trinajstić information content (AvgIpc) is 3.16. The Kier molecular flexibility index (Phi) is 5.23. The molecule has 1 saturated carbocycles. The third-order valence-electron chi connectivity index (χ3n) is 5.83. The molecule has 2 aromatic carbocycles. The Morgan fingerprint density at radius 3 is 2.65 bits per heavy atom. The van der Waals surface area contributed by atoms with Crippen molar-refractivity contribution in [1.29, 1.82) is 0 Å². The summed E-state index contributed by atoms with van der Waals surface area (Å²) >= 11 is 1.33. The van der Waals surface area contributed by atoms with E-state index in [4.69, 9.17) is 0 Å². The molecule has 0 unspecified atom stereocenters. The summed E-state index contributed by atoms with van der Waals surface area (Å²) < 4.78 is 3.44. The van der Waals surface area contributed by atoms with Crippen molar-refractivity contribution in [2.75, 3.05) is 12.3 Å². The molecule has 158 valence electrons. The Morgan fingerprint density at radius 1 is 1.13 bits per heavy atom. The van der Waals surface area contributed by atoms with Crippen LogP contribution in [0, 0.1) is 12.8 Å². The number of nitrogens with zero attached hydrogens (tertiary/aromatic N) is 4. The van der Waals surface area contributed by atoms with Gasteiger partial charge in [-0.15, -0.1) is 10.2 Å². The highest BCUT2D eigenvalue weighted by molar-refractivity contribution is 7.99. The van der Waals surface area contributed by atoms with E-state index in [2.05, 4.69) is 15.5 Å². The number of amides is 1. The summed E-state index contributed by atoms with van der Waals surface area (Å²) in [5.74, 6) is 1.30. The first-order valence-corrected chi connectivity index (χ1v) is 11.5. The summed E-state index contributed by atoms with van der Waals surface area (Å²) in [4.78, 5) is 25.6. The molecular formula is C23H23N5O2S. The van der Waals surface area contributed by atoms with E-state index in [9.17, 15) is 9.59 Å². The normalized spacial score (nSPS) is 14.1. The molecule has 1 N–H and O–H groups in total. The molecular weight excluding hydrogens is 410 g/mol. The maximum atomic E-state index is 13.3. The Bertz CT molecular complexity index is 1320. The molecule has 5 rings (SSSR count). The number of aryl methyl sites for hydroxylation is 1. The summed E-state index contributed by atoms with van der Waals surface area (Å²) in [6.07, 6.45) is 3.66. The van der Waals surface area contributed by atoms with Crippen LogP contribution in [0.5, 0.6) is 0 Å². The maximum absolute atomic E-state index is 13.3. The van der Waals surface area contributed by atoms with Gasteiger partial charge in [-0.25, -0.2) is 4.57 Å². The quantitative estimate of drug-likeness (QED) is 0.472. The summed E-state index contributed by atoms with van der Waals surface area (Å²) in [6.45, 7) is 2.75. The molecule has 4 aromatic rings. The van der Waals surface area contributed by atoms with E-state index in [1.807, 2.05) is 59.9 Å². The fraction of sp³-hybridized carbons (Fsp3) is 0.304. The Labute approximate surface area is 183 Å². The third kappa shape index (κ3) is 3.72. The average molecular weight is 434 g/mol. The predicted octanol–water partition coefficient (Wildman–Crippen LogP) is 3.35. The summed E-state index contributed by atoms with van der Waals surface area (Å²) in [7, 11) is 0. The minimum Gasteiger partial charge on any atom is -0.355 e. The van der Waals surface area contributed by atoms with Crippen molar-refractivity contribution in [3.05, 3.63) is 64.4 Å². The first-order chi connectivity index (χ1) is 15.1. The predicted molar refractivity (Wildman–Crippen MR) is 122 cm³/mol. The number of carbonyl (C=O) groups is 1. The van der Waals surface area contributed by atoms with Crippen LogP contribution in [-0.4, -0.2) is 37.4 Å². The van der Waals surface area contributed by atoms with Gasteiger partial charge in [-0.3, -0.25) is 14.0 Å². The molecule has 0 radical (unpaired) electrons. The number of benzene rings is 2. The fourth-order valence-electron chi connectivity index (χ4n) is 3.83. The van der Waals surface area contributed by atoms with Crippen molar-refractivity contribution in [1.82, 2.24) is 24.5 Å². The van der Waals surface area contributed by atoms with Gasteiger partial charge in [-0.1, -0.05) is 48.0 Å². The topological polar surface area (TPSA) is 81.3 Å². The van der Waals surface area contributed by atoms with Crippen LogP contribution in [0.25, 0.3) is 22.4 Å². The van der Waals surface area contributed by atoms with Crippen molar-refractivity contribution < 1.29 is 4.79 Å². The number of fused-ring (bicyclic) bond motifs is 3. The molecule has 31 heavy (non-hydrogen) atoms. The van der Waals surface area contributed by atoms with Crippen molar-refractivity contribution in [2.24, 2.45) is 5.92 Å². The molecule has 0 saturated heterocycles. The summed E-state index contributed by atoms with van der Waals surface area (Å²) in [5.41, 5.74) is 2.43. The molecule has 2 heterocycles. The molecule has 0 bridgehead atoms. The molecule has 8 heteroatoms. The highest BCUT2D eigenvalue weighted by Crippen LogP contribution is 2.26. The van der Waals surface area contributed by atoms with Crippen LogP contribution in [-0.2, 0) is 4.79 Å². The zero-order valence-corrected chi connectivity index (χ0v) is 18.1. The van der Waals surface area contributed by atoms with Gasteiger partial charge in [0, 0.05) is 6.54 Å². The lowest BCUT2D eigenvalue weighted by molar-refractivity contribution is -0.118. The minimum absolute atomic E-state index is 0.00943. The van der Waals surface area contributed by atoms with E-state index in [0.717, 1.165) is 23.3 Å². The second-order valence-corrected chi connectivity index (χ2v) is 8.94. The number of rotatable bonds is 6. The van der Waals surface area contributed by atoms with Crippen LogP contribution < -0.4 is 10.9 Å². The standard InChI is InChI=1S/C23H23N5O2S/c1-15-9-11-17(12-10-15)27-21(30)18-7-2-3-8-19(18)28-22(27)25-26-23(28)31-14-20(29)24-13-16-5-4-6-16/h2-3,7-12,16H,4-6,13-14H2,1H3,(H,24,29). The lowest BCUT2D eigenvalue weighted by atomic mass is 9.85. The Balaban J connectivity index is 1.54. The summed E-state index contributed by atoms with van der Waals surface area (Å²) in [5, 5.41) is 12.8. The lowest BCUT2D eigenvalue weighted by Crippen LogP contribution is -2.33. The van der Waals surface area contributed by atoms with Crippen LogP contribution in [0.4, 0.5) is 0 Å². The number of aromatic nitrogens is 4. The number of carbonyl (C=O) groups excluding carboxylic acids is 1. The first-order valence-electron chi connectivity index (χ1n) is 10.5. The van der Waals surface area contributed by atoms with Gasteiger partial charge in [-0.05, 0) is 49.9 Å². The van der Waals surface area contributed by atoms with E-state index in [1.165, 1.54) is 31.0 Å². The van der Waals surface area contributed by atoms with E-state index < -0.39 is 0 Å². The van der Waals surface area contributed by atoms with Crippen LogP contribution in [0.1, 0.15) is 24.8 Å². The second kappa shape index (κ2) is 8.19. The molecule has 0 atom stereocenters. The summed E-state index contributed by atoms with van der Waals surface area (Å²) in [6, 6.07) is 15.2. The van der Waals surface area contributed by atoms with E-state index in [1.54, 1.807) is 4.57 Å². The fourth-order valence-corrected chi connectivity index (χ4v) is 4.60. The van der Waals surface area contributed by atoms with Crippen LogP contribution >= 0.6 is 11.8 Å². The van der Waals surface area contributed by atoms with Gasteiger partial charge in [0.25, 0.3) is 5.56 Å². The molecule has 0 aliphatic heterocycles. The number of hydrogen-bond acceptors (Lipinski definition) is 5. The van der Waals surface area contributed by atoms with E-state index in [-0.39, 0.29) is 17.2 Å². The zero-order valence-electron chi connectivity index (χ0n) is 17.2. The number of hydrogen-bond donors (Lipinski definition) is 1. The minimum atomic E-state index is -0.144. The second-order valence-electron chi connectivity index (χ2n) is 8.00. The first kappa shape index (κ1) is 19.8. The van der Waals surface area contributed by atoms with E-state index >= 15 is 0 Å². The highest BCUT2D eigenvalue weighted by Gasteiger charge is 2.20. The largest absolute Gasteiger partial charge is 0.355 e. The van der Waals surface area contributed by atoms with Crippen LogP contribution in [0.15, 0.2) is 58.5 Å². The van der Waals surface area contributed by atoms with Crippen molar-refractivity contribution in [3.63, 3.8) is 0 Å². The lowest BCUT2D eigenvalue weighted by Gasteiger charge is -2.25. The van der Waals surface area contributed by atoms with E-state index in [0.29, 0.717) is 22.2 Å². The smallest absolute Gasteiger partial charge is 0.267 e. The van der Waals surface area contributed by atoms with Crippen LogP contribution in [0.3, 0.4) is 0 Å². The maximum Gasteiger partial charge on any atom is 0.267 e. The number of nitrogens with one attached hydrogen (secondary N) is 1. The van der Waals surface area contributed by atoms with Gasteiger partial charge in [0.15, 0.2) is 5.16 Å². The molecule has 1 aliphatic carbocycles. The molecule has 2 aromatic heterocycles. The Morgan fingerprint density at radius 2 is 1.90 bits per heavy atom. The molecule has 7 nitrogen and oxygen atoms in total. The van der Waals surface area contributed by atoms with Crippen molar-refractivity contribution >= 4 is 34.3 Å². The molecule has 1 aliphatic rings. The Hall–Kier alpha value is -3.13. The van der Waals surface area contributed by atoms with Gasteiger partial charge in [0.2, 0.25) is 11.7 Å². The van der Waals surface area contributed by atoms with Crippen molar-refractivity contribution in [3.8, 4) is 5.69 Å². The zero-order chi connectivity index (χ0) is 21.4. The van der Waals surface area contributed by atoms with Gasteiger partial charge in [0.05, 0.1) is 22.3 Å². The monoisotopic (exact) mass is 433 g/mol. The van der Waals surface area contributed by atoms with Gasteiger partial charge in [0.1, 0.15) is 0 Å². The van der Waals surface area contributed by atoms with Crippen molar-refractivity contribution in [2.45, 2.75) is 31.3 Å². The molecule has 1 fully saturated rings. The third-order valence-corrected chi connectivity index (χ3v) is 6.76.